The Kier molecular flexibility index (Phi) is 7.82. The molecule has 2 aliphatic heterocycles. The van der Waals surface area contributed by atoms with Crippen LogP contribution in [0.25, 0.3) is 0 Å². The van der Waals surface area contributed by atoms with Gasteiger partial charge >= 0.3 is 6.03 Å². The van der Waals surface area contributed by atoms with Gasteiger partial charge in [0, 0.05) is 25.1 Å². The molecule has 1 aromatic heterocycles. The zero-order valence-corrected chi connectivity index (χ0v) is 22.6. The van der Waals surface area contributed by atoms with Crippen molar-refractivity contribution in [2.24, 2.45) is 5.92 Å². The van der Waals surface area contributed by atoms with E-state index in [2.05, 4.69) is 10.3 Å². The van der Waals surface area contributed by atoms with Crippen molar-refractivity contribution < 1.29 is 28.0 Å². The molecule has 5 amide bonds. The minimum absolute atomic E-state index is 0.0633. The van der Waals surface area contributed by atoms with E-state index in [4.69, 9.17) is 0 Å². The molecule has 4 atom stereocenters. The zero-order valence-electron chi connectivity index (χ0n) is 22.6. The highest BCUT2D eigenvalue weighted by molar-refractivity contribution is 5.99. The summed E-state index contributed by atoms with van der Waals surface area (Å²) >= 11 is 0. The normalized spacial score (nSPS) is 23.9. The number of amides is 5. The van der Waals surface area contributed by atoms with Gasteiger partial charge in [-0.2, -0.15) is 4.39 Å². The number of carbonyl (C=O) groups excluding carboxylic acids is 4. The van der Waals surface area contributed by atoms with Crippen LogP contribution in [-0.4, -0.2) is 81.8 Å². The maximum Gasteiger partial charge on any atom is 0.327 e. The van der Waals surface area contributed by atoms with Gasteiger partial charge in [-0.3, -0.25) is 19.3 Å². The van der Waals surface area contributed by atoms with Crippen molar-refractivity contribution in [2.75, 3.05) is 26.2 Å². The number of aromatic nitrogens is 1. The van der Waals surface area contributed by atoms with Gasteiger partial charge in [-0.05, 0) is 37.3 Å². The van der Waals surface area contributed by atoms with Gasteiger partial charge in [-0.25, -0.2) is 14.2 Å². The number of likely N-dealkylation sites (tertiary alicyclic amines) is 1. The Labute approximate surface area is 231 Å². The molecule has 212 valence electrons. The molecule has 11 heteroatoms. The standard InChI is InChI=1S/C29H33F2N5O4/c1-3-35-28(39)17(2)14-34(29(35)40)16-24(37)36-15-20(30)13-23(36)27(38)33-25(19-7-5-4-6-8-19)22-12-11-21(18-9-10-18)26(31)32-22/h4-8,11-12,17-18,20,23,25H,3,9-10,13-16H2,1-2H3,(H,33,38). The number of nitrogens with zero attached hydrogens (tertiary/aromatic N) is 4. The number of rotatable bonds is 8. The molecule has 1 aliphatic carbocycles. The highest BCUT2D eigenvalue weighted by Crippen LogP contribution is 2.41. The number of hydrogen-bond donors (Lipinski definition) is 1. The molecule has 3 aliphatic rings. The highest BCUT2D eigenvalue weighted by atomic mass is 19.1. The first-order chi connectivity index (χ1) is 19.2. The molecule has 5 rings (SSSR count). The van der Waals surface area contributed by atoms with Crippen molar-refractivity contribution in [2.45, 2.75) is 57.3 Å². The number of nitrogens with one attached hydrogen (secondary N) is 1. The molecule has 40 heavy (non-hydrogen) atoms. The van der Waals surface area contributed by atoms with Crippen LogP contribution in [0, 0.1) is 11.9 Å². The maximum absolute atomic E-state index is 14.9. The van der Waals surface area contributed by atoms with Crippen LogP contribution in [0.3, 0.4) is 0 Å². The van der Waals surface area contributed by atoms with Gasteiger partial charge in [0.05, 0.1) is 24.2 Å². The number of benzene rings is 1. The number of carbonyl (C=O) groups is 4. The lowest BCUT2D eigenvalue weighted by molar-refractivity contribution is -0.141. The summed E-state index contributed by atoms with van der Waals surface area (Å²) in [5.74, 6) is -2.37. The monoisotopic (exact) mass is 553 g/mol. The molecule has 2 saturated heterocycles. The van der Waals surface area contributed by atoms with Crippen molar-refractivity contribution >= 4 is 23.8 Å². The van der Waals surface area contributed by atoms with Gasteiger partial charge in [0.1, 0.15) is 18.8 Å². The van der Waals surface area contributed by atoms with Crippen LogP contribution in [0.15, 0.2) is 42.5 Å². The van der Waals surface area contributed by atoms with E-state index in [1.54, 1.807) is 50.2 Å². The van der Waals surface area contributed by atoms with Crippen LogP contribution in [-0.2, 0) is 14.4 Å². The smallest absolute Gasteiger partial charge is 0.327 e. The topological polar surface area (TPSA) is 103 Å². The molecule has 3 fully saturated rings. The molecule has 1 saturated carbocycles. The second-order valence-corrected chi connectivity index (χ2v) is 10.8. The third kappa shape index (κ3) is 5.55. The summed E-state index contributed by atoms with van der Waals surface area (Å²) in [5.41, 5.74) is 1.51. The summed E-state index contributed by atoms with van der Waals surface area (Å²) < 4.78 is 29.5. The van der Waals surface area contributed by atoms with Crippen LogP contribution in [0.2, 0.25) is 0 Å². The summed E-state index contributed by atoms with van der Waals surface area (Å²) in [4.78, 5) is 59.6. The molecular formula is C29H33F2N5O4. The Morgan fingerprint density at radius 3 is 2.48 bits per heavy atom. The van der Waals surface area contributed by atoms with E-state index in [1.807, 2.05) is 6.07 Å². The molecule has 9 nitrogen and oxygen atoms in total. The zero-order chi connectivity index (χ0) is 28.6. The summed E-state index contributed by atoms with van der Waals surface area (Å²) in [7, 11) is 0. The first-order valence-electron chi connectivity index (χ1n) is 13.7. The summed E-state index contributed by atoms with van der Waals surface area (Å²) in [6.45, 7) is 2.92. The van der Waals surface area contributed by atoms with Crippen molar-refractivity contribution in [3.05, 3.63) is 65.2 Å². The lowest BCUT2D eigenvalue weighted by atomic mass is 10.0. The fraction of sp³-hybridized carbons (Fsp3) is 0.483. The molecule has 0 bridgehead atoms. The van der Waals surface area contributed by atoms with E-state index < -0.39 is 48.0 Å². The Morgan fingerprint density at radius 1 is 1.10 bits per heavy atom. The van der Waals surface area contributed by atoms with E-state index in [-0.39, 0.29) is 44.4 Å². The van der Waals surface area contributed by atoms with E-state index in [0.717, 1.165) is 22.6 Å². The number of imide groups is 1. The van der Waals surface area contributed by atoms with Crippen molar-refractivity contribution in [3.63, 3.8) is 0 Å². The van der Waals surface area contributed by atoms with Crippen LogP contribution < -0.4 is 5.32 Å². The van der Waals surface area contributed by atoms with E-state index in [1.165, 1.54) is 4.90 Å². The molecule has 0 spiro atoms. The molecule has 1 aromatic carbocycles. The quantitative estimate of drug-likeness (QED) is 0.506. The first-order valence-corrected chi connectivity index (χ1v) is 13.7. The third-order valence-corrected chi connectivity index (χ3v) is 7.83. The Bertz CT molecular complexity index is 1300. The number of pyridine rings is 1. The minimum Gasteiger partial charge on any atom is -0.342 e. The average molecular weight is 554 g/mol. The van der Waals surface area contributed by atoms with Crippen molar-refractivity contribution in [1.82, 2.24) is 25.0 Å². The van der Waals surface area contributed by atoms with E-state index in [0.29, 0.717) is 16.8 Å². The fourth-order valence-corrected chi connectivity index (χ4v) is 5.53. The summed E-state index contributed by atoms with van der Waals surface area (Å²) in [5, 5.41) is 2.87. The SMILES string of the molecule is CCN1C(=O)C(C)CN(CC(=O)N2CC(F)CC2C(=O)NC(c2ccccc2)c2ccc(C3CC3)c(F)n2)C1=O. The molecule has 2 aromatic rings. The van der Waals surface area contributed by atoms with Crippen molar-refractivity contribution in [1.29, 1.82) is 0 Å². The minimum atomic E-state index is -1.42. The number of alkyl halides is 1. The van der Waals surface area contributed by atoms with Crippen LogP contribution in [0.4, 0.5) is 13.6 Å². The van der Waals surface area contributed by atoms with Gasteiger partial charge in [-0.1, -0.05) is 43.3 Å². The predicted octanol–water partition coefficient (Wildman–Crippen LogP) is 3.16. The third-order valence-electron chi connectivity index (χ3n) is 7.83. The van der Waals surface area contributed by atoms with Crippen LogP contribution >= 0.6 is 0 Å². The summed E-state index contributed by atoms with van der Waals surface area (Å²) in [6, 6.07) is 9.80. The second-order valence-electron chi connectivity index (χ2n) is 10.8. The number of halogens is 2. The van der Waals surface area contributed by atoms with Crippen LogP contribution in [0.5, 0.6) is 0 Å². The van der Waals surface area contributed by atoms with Gasteiger partial charge < -0.3 is 15.1 Å². The molecule has 4 unspecified atom stereocenters. The highest BCUT2D eigenvalue weighted by Gasteiger charge is 2.43. The van der Waals surface area contributed by atoms with Gasteiger partial charge in [0.15, 0.2) is 0 Å². The van der Waals surface area contributed by atoms with E-state index >= 15 is 0 Å². The number of urea groups is 1. The van der Waals surface area contributed by atoms with Gasteiger partial charge in [-0.15, -0.1) is 0 Å². The first kappa shape index (κ1) is 27.7. The van der Waals surface area contributed by atoms with Crippen molar-refractivity contribution in [3.8, 4) is 0 Å². The second kappa shape index (κ2) is 11.3. The maximum atomic E-state index is 14.9. The lowest BCUT2D eigenvalue weighted by Crippen LogP contribution is -2.58. The number of hydrogen-bond acceptors (Lipinski definition) is 5. The Morgan fingerprint density at radius 2 is 1.82 bits per heavy atom. The van der Waals surface area contributed by atoms with Gasteiger partial charge in [0.25, 0.3) is 0 Å². The lowest BCUT2D eigenvalue weighted by Gasteiger charge is -2.37. The predicted molar refractivity (Wildman–Crippen MR) is 141 cm³/mol. The van der Waals surface area contributed by atoms with E-state index in [9.17, 15) is 28.0 Å². The molecule has 0 radical (unpaired) electrons. The van der Waals surface area contributed by atoms with Gasteiger partial charge in [0.2, 0.25) is 23.7 Å². The molecule has 1 N–H and O–H groups in total. The Hall–Kier alpha value is -3.89. The fourth-order valence-electron chi connectivity index (χ4n) is 5.53. The molecular weight excluding hydrogens is 520 g/mol. The Balaban J connectivity index is 1.34. The van der Waals surface area contributed by atoms with Crippen LogP contribution in [0.1, 0.15) is 61.9 Å². The largest absolute Gasteiger partial charge is 0.342 e. The average Bonchev–Trinajstić information content (AvgIpc) is 3.70. The molecule has 3 heterocycles. The summed E-state index contributed by atoms with van der Waals surface area (Å²) in [6.07, 6.45) is 0.210.